The maximum atomic E-state index is 13.9. The minimum absolute atomic E-state index is 0.0581. The second kappa shape index (κ2) is 10.8. The van der Waals surface area contributed by atoms with Gasteiger partial charge in [0, 0.05) is 31.7 Å². The average Bonchev–Trinajstić information content (AvgIpc) is 3.55. The van der Waals surface area contributed by atoms with E-state index in [9.17, 15) is 44.7 Å². The van der Waals surface area contributed by atoms with Crippen molar-refractivity contribution < 1.29 is 49.2 Å². The van der Waals surface area contributed by atoms with Gasteiger partial charge < -0.3 is 15.2 Å². The first-order chi connectivity index (χ1) is 19.6. The first kappa shape index (κ1) is 29.7. The number of amides is 2. The van der Waals surface area contributed by atoms with Gasteiger partial charge in [0.25, 0.3) is 5.91 Å². The van der Waals surface area contributed by atoms with Gasteiger partial charge in [-0.1, -0.05) is 5.16 Å². The van der Waals surface area contributed by atoms with Crippen LogP contribution in [0, 0.1) is 17.8 Å². The summed E-state index contributed by atoms with van der Waals surface area (Å²) < 4.78 is 113. The van der Waals surface area contributed by atoms with Crippen molar-refractivity contribution >= 4 is 17.5 Å². The number of halogens is 8. The molecule has 2 aliphatic rings. The molecular formula is C25H24F8N6O3. The molecule has 2 fully saturated rings. The molecule has 3 atom stereocenters. The number of hydrogen-bond acceptors (Lipinski definition) is 6. The average molecular weight is 608 g/mol. The van der Waals surface area contributed by atoms with Gasteiger partial charge in [0.2, 0.25) is 11.8 Å². The molecule has 0 radical (unpaired) electrons. The van der Waals surface area contributed by atoms with E-state index in [2.05, 4.69) is 30.4 Å². The molecule has 5 rings (SSSR count). The van der Waals surface area contributed by atoms with Crippen LogP contribution in [0.3, 0.4) is 0 Å². The van der Waals surface area contributed by atoms with Crippen LogP contribution in [0.5, 0.6) is 0 Å². The Kier molecular flexibility index (Phi) is 7.64. The van der Waals surface area contributed by atoms with Gasteiger partial charge in [-0.25, -0.2) is 18.3 Å². The maximum absolute atomic E-state index is 13.9. The van der Waals surface area contributed by atoms with Crippen LogP contribution >= 0.6 is 0 Å². The lowest BCUT2D eigenvalue weighted by molar-refractivity contribution is -0.183. The molecular weight excluding hydrogens is 584 g/mol. The smallest absolute Gasteiger partial charge is 0.363 e. The fourth-order valence-electron chi connectivity index (χ4n) is 5.43. The zero-order chi connectivity index (χ0) is 30.4. The molecule has 17 heteroatoms. The summed E-state index contributed by atoms with van der Waals surface area (Å²) >= 11 is 0. The lowest BCUT2D eigenvalue weighted by atomic mass is 9.81. The second-order valence-electron chi connectivity index (χ2n) is 10.6. The van der Waals surface area contributed by atoms with E-state index in [-0.39, 0.29) is 36.3 Å². The van der Waals surface area contributed by atoms with Crippen LogP contribution in [0.4, 0.5) is 35.1 Å². The van der Waals surface area contributed by atoms with Crippen molar-refractivity contribution in [2.45, 2.75) is 62.8 Å². The predicted molar refractivity (Wildman–Crippen MR) is 126 cm³/mol. The summed E-state index contributed by atoms with van der Waals surface area (Å²) in [6.45, 7) is -0.504. The van der Waals surface area contributed by atoms with Crippen molar-refractivity contribution in [3.05, 3.63) is 47.2 Å². The van der Waals surface area contributed by atoms with Crippen molar-refractivity contribution in [1.29, 1.82) is 0 Å². The molecule has 0 bridgehead atoms. The highest BCUT2D eigenvalue weighted by atomic mass is 19.4. The van der Waals surface area contributed by atoms with Gasteiger partial charge in [-0.05, 0) is 37.3 Å². The minimum atomic E-state index is -4.99. The molecule has 3 aromatic rings. The monoisotopic (exact) mass is 608 g/mol. The standard InChI is InChI=1S/C25H24F8N6O3/c26-23(27)5-3-12(4-6-23)19(36-22(41)16-11-42-38-20(16)25(31,32)33)17-10-39-18(35-17)2-1-15(37-39)8-13-7-14(24(28,29)30)9-34-21(13)40/h1-2,10-14,19H,3-9H2,(H,34,40)(H,36,41)/t13?,14-,19?/m1/s1. The molecule has 2 N–H and O–H groups in total. The highest BCUT2D eigenvalue weighted by molar-refractivity contribution is 5.95. The Balaban J connectivity index is 1.41. The van der Waals surface area contributed by atoms with Crippen molar-refractivity contribution in [3.63, 3.8) is 0 Å². The number of carbonyl (C=O) groups is 2. The molecule has 1 saturated carbocycles. The Labute approximate surface area is 232 Å². The van der Waals surface area contributed by atoms with Crippen LogP contribution in [0.1, 0.15) is 65.6 Å². The van der Waals surface area contributed by atoms with Crippen LogP contribution in [-0.4, -0.2) is 50.2 Å². The van der Waals surface area contributed by atoms with E-state index in [0.717, 1.165) is 0 Å². The van der Waals surface area contributed by atoms with Gasteiger partial charge in [-0.2, -0.15) is 31.4 Å². The van der Waals surface area contributed by atoms with E-state index >= 15 is 0 Å². The quantitative estimate of drug-likeness (QED) is 0.386. The van der Waals surface area contributed by atoms with E-state index in [0.29, 0.717) is 6.26 Å². The van der Waals surface area contributed by atoms with Gasteiger partial charge >= 0.3 is 12.4 Å². The van der Waals surface area contributed by atoms with Gasteiger partial charge in [0.15, 0.2) is 11.3 Å². The normalized spacial score (nSPS) is 22.6. The topological polar surface area (TPSA) is 114 Å². The van der Waals surface area contributed by atoms with E-state index in [1.54, 1.807) is 0 Å². The Morgan fingerprint density at radius 1 is 1.17 bits per heavy atom. The van der Waals surface area contributed by atoms with Crippen molar-refractivity contribution in [2.24, 2.45) is 17.8 Å². The molecule has 1 aliphatic heterocycles. The van der Waals surface area contributed by atoms with E-state index in [4.69, 9.17) is 0 Å². The summed E-state index contributed by atoms with van der Waals surface area (Å²) in [5, 5.41) is 11.9. The third-order valence-corrected chi connectivity index (χ3v) is 7.70. The van der Waals surface area contributed by atoms with E-state index in [1.807, 2.05) is 0 Å². The van der Waals surface area contributed by atoms with Crippen LogP contribution in [-0.2, 0) is 17.4 Å². The number of nitrogens with zero attached hydrogens (tertiary/aromatic N) is 4. The fraction of sp³-hybridized carbons (Fsp3) is 0.560. The lowest BCUT2D eigenvalue weighted by Gasteiger charge is -2.33. The Bertz CT molecular complexity index is 1460. The van der Waals surface area contributed by atoms with Gasteiger partial charge in [0.1, 0.15) is 11.8 Å². The zero-order valence-corrected chi connectivity index (χ0v) is 21.6. The van der Waals surface area contributed by atoms with Crippen LogP contribution in [0.15, 0.2) is 29.1 Å². The number of hydrogen-bond donors (Lipinski definition) is 2. The zero-order valence-electron chi connectivity index (χ0n) is 21.6. The summed E-state index contributed by atoms with van der Waals surface area (Å²) in [4.78, 5) is 29.5. The van der Waals surface area contributed by atoms with Crippen molar-refractivity contribution in [3.8, 4) is 0 Å². The van der Waals surface area contributed by atoms with Crippen LogP contribution in [0.2, 0.25) is 0 Å². The fourth-order valence-corrected chi connectivity index (χ4v) is 5.43. The van der Waals surface area contributed by atoms with Crippen molar-refractivity contribution in [2.75, 3.05) is 6.54 Å². The SMILES string of the molecule is O=C(NC(c1cn2nc(CC3C[C@@H](C(F)(F)F)CNC3=O)ccc2n1)C1CCC(F)(F)CC1)c1conc1C(F)(F)F. The first-order valence-electron chi connectivity index (χ1n) is 13.0. The summed E-state index contributed by atoms with van der Waals surface area (Å²) in [6, 6.07) is 1.85. The predicted octanol–water partition coefficient (Wildman–Crippen LogP) is 4.89. The van der Waals surface area contributed by atoms with Gasteiger partial charge in [-0.15, -0.1) is 0 Å². The van der Waals surface area contributed by atoms with Gasteiger partial charge in [-0.3, -0.25) is 9.59 Å². The number of aromatic nitrogens is 4. The van der Waals surface area contributed by atoms with Crippen LogP contribution in [0.25, 0.3) is 5.65 Å². The van der Waals surface area contributed by atoms with Crippen LogP contribution < -0.4 is 10.6 Å². The molecule has 1 aliphatic carbocycles. The van der Waals surface area contributed by atoms with E-state index < -0.39 is 90.9 Å². The number of fused-ring (bicyclic) bond motifs is 1. The molecule has 1 saturated heterocycles. The molecule has 0 aromatic carbocycles. The number of rotatable bonds is 6. The molecule has 42 heavy (non-hydrogen) atoms. The summed E-state index contributed by atoms with van der Waals surface area (Å²) in [5.74, 6) is -7.95. The number of alkyl halides is 8. The van der Waals surface area contributed by atoms with Gasteiger partial charge in [0.05, 0.1) is 29.5 Å². The summed E-state index contributed by atoms with van der Waals surface area (Å²) in [5.41, 5.74) is -1.82. The molecule has 9 nitrogen and oxygen atoms in total. The molecule has 228 valence electrons. The summed E-state index contributed by atoms with van der Waals surface area (Å²) in [6.07, 6.45) is -9.19. The second-order valence-corrected chi connectivity index (χ2v) is 10.6. The number of carbonyl (C=O) groups excluding carboxylic acids is 2. The molecule has 2 amide bonds. The number of imidazole rings is 1. The Morgan fingerprint density at radius 2 is 1.88 bits per heavy atom. The minimum Gasteiger partial charge on any atom is -0.363 e. The highest BCUT2D eigenvalue weighted by Crippen LogP contribution is 2.42. The largest absolute Gasteiger partial charge is 0.437 e. The molecule has 3 aromatic heterocycles. The maximum Gasteiger partial charge on any atom is 0.437 e. The molecule has 2 unspecified atom stereocenters. The number of nitrogens with one attached hydrogen (secondary N) is 2. The van der Waals surface area contributed by atoms with E-state index in [1.165, 1.54) is 22.8 Å². The third kappa shape index (κ3) is 6.33. The Hall–Kier alpha value is -3.79. The number of piperidine rings is 1. The third-order valence-electron chi connectivity index (χ3n) is 7.70. The molecule has 0 spiro atoms. The summed E-state index contributed by atoms with van der Waals surface area (Å²) in [7, 11) is 0. The molecule has 4 heterocycles. The highest BCUT2D eigenvalue weighted by Gasteiger charge is 2.45. The Morgan fingerprint density at radius 3 is 2.55 bits per heavy atom. The lowest BCUT2D eigenvalue weighted by Crippen LogP contribution is -2.47. The van der Waals surface area contributed by atoms with Crippen molar-refractivity contribution in [1.82, 2.24) is 30.4 Å². The first-order valence-corrected chi connectivity index (χ1v) is 13.0.